The molecule has 1 aromatic rings. The molecule has 90 valence electrons. The van der Waals surface area contributed by atoms with Gasteiger partial charge in [0.05, 0.1) is 25.7 Å². The van der Waals surface area contributed by atoms with Crippen LogP contribution in [0, 0.1) is 0 Å². The van der Waals surface area contributed by atoms with Crippen LogP contribution < -0.4 is 4.74 Å². The summed E-state index contributed by atoms with van der Waals surface area (Å²) in [5.41, 5.74) is 1.05. The average molecular weight is 247 g/mol. The van der Waals surface area contributed by atoms with E-state index >= 15 is 0 Å². The Hall–Kier alpha value is -0.810. The summed E-state index contributed by atoms with van der Waals surface area (Å²) in [6, 6.07) is 4.90. The maximum absolute atomic E-state index is 9.82. The molecule has 0 aliphatic carbocycles. The third-order valence-corrected chi connectivity index (χ3v) is 2.63. The molecule has 0 aliphatic heterocycles. The maximum atomic E-state index is 9.82. The number of benzene rings is 1. The van der Waals surface area contributed by atoms with Crippen molar-refractivity contribution in [3.63, 3.8) is 0 Å². The van der Waals surface area contributed by atoms with E-state index < -0.39 is 12.2 Å². The van der Waals surface area contributed by atoms with Crippen molar-refractivity contribution in [3.8, 4) is 5.75 Å². The Kier molecular flexibility index (Phi) is 5.02. The Bertz CT molecular complexity index is 343. The molecular weight excluding hydrogens is 232 g/mol. The Labute approximate surface area is 99.1 Å². The smallest absolute Gasteiger partial charge is 0.124 e. The quantitative estimate of drug-likeness (QED) is 0.673. The van der Waals surface area contributed by atoms with E-state index in [1.165, 1.54) is 7.11 Å². The molecule has 0 heterocycles. The average Bonchev–Trinajstić information content (AvgIpc) is 2.35. The van der Waals surface area contributed by atoms with E-state index in [9.17, 15) is 10.2 Å². The normalized spacial score (nSPS) is 14.6. The van der Waals surface area contributed by atoms with Gasteiger partial charge in [0.25, 0.3) is 0 Å². The summed E-state index contributed by atoms with van der Waals surface area (Å²) in [5, 5.41) is 28.3. The number of hydrogen-bond acceptors (Lipinski definition) is 4. The molecule has 0 aromatic heterocycles. The van der Waals surface area contributed by atoms with E-state index in [1.807, 2.05) is 0 Å². The lowest BCUT2D eigenvalue weighted by Crippen LogP contribution is -2.20. The van der Waals surface area contributed by atoms with Crippen LogP contribution in [0.15, 0.2) is 18.2 Å². The molecule has 1 rings (SSSR count). The van der Waals surface area contributed by atoms with Crippen molar-refractivity contribution in [2.75, 3.05) is 13.0 Å². The highest BCUT2D eigenvalue weighted by molar-refractivity contribution is 6.18. The van der Waals surface area contributed by atoms with Crippen molar-refractivity contribution in [2.45, 2.75) is 18.8 Å². The number of halogens is 1. The van der Waals surface area contributed by atoms with Gasteiger partial charge in [-0.05, 0) is 17.7 Å². The van der Waals surface area contributed by atoms with Crippen molar-refractivity contribution in [1.29, 1.82) is 0 Å². The minimum absolute atomic E-state index is 0.0757. The van der Waals surface area contributed by atoms with Gasteiger partial charge in [-0.2, -0.15) is 0 Å². The fourth-order valence-electron chi connectivity index (χ4n) is 1.40. The zero-order valence-corrected chi connectivity index (χ0v) is 9.68. The molecule has 0 saturated heterocycles. The van der Waals surface area contributed by atoms with E-state index in [0.717, 1.165) is 0 Å². The van der Waals surface area contributed by atoms with E-state index in [1.54, 1.807) is 18.2 Å². The van der Waals surface area contributed by atoms with Crippen LogP contribution >= 0.6 is 11.6 Å². The summed E-state index contributed by atoms with van der Waals surface area (Å²) >= 11 is 5.47. The second-order valence-electron chi connectivity index (χ2n) is 3.40. The lowest BCUT2D eigenvalue weighted by Gasteiger charge is -2.19. The van der Waals surface area contributed by atoms with Crippen LogP contribution in [0.2, 0.25) is 0 Å². The zero-order chi connectivity index (χ0) is 12.1. The van der Waals surface area contributed by atoms with Crippen LogP contribution in [-0.2, 0) is 6.61 Å². The number of ether oxygens (including phenoxy) is 1. The molecule has 0 amide bonds. The third kappa shape index (κ3) is 2.86. The minimum atomic E-state index is -1.13. The van der Waals surface area contributed by atoms with Gasteiger partial charge in [-0.25, -0.2) is 0 Å². The number of aliphatic hydroxyl groups is 3. The monoisotopic (exact) mass is 246 g/mol. The predicted octanol–water partition coefficient (Wildman–Crippen LogP) is 0.821. The SMILES string of the molecule is COc1ccc(CO)cc1C(O)C(O)CCl. The highest BCUT2D eigenvalue weighted by Gasteiger charge is 2.21. The van der Waals surface area contributed by atoms with Crippen molar-refractivity contribution in [3.05, 3.63) is 29.3 Å². The fourth-order valence-corrected chi connectivity index (χ4v) is 1.57. The van der Waals surface area contributed by atoms with Gasteiger partial charge >= 0.3 is 0 Å². The summed E-state index contributed by atoms with van der Waals surface area (Å²) in [4.78, 5) is 0. The number of alkyl halides is 1. The minimum Gasteiger partial charge on any atom is -0.496 e. The van der Waals surface area contributed by atoms with Crippen LogP contribution in [-0.4, -0.2) is 34.4 Å². The second-order valence-corrected chi connectivity index (χ2v) is 3.71. The van der Waals surface area contributed by atoms with Gasteiger partial charge in [0, 0.05) is 5.56 Å². The first-order valence-electron chi connectivity index (χ1n) is 4.83. The van der Waals surface area contributed by atoms with Crippen LogP contribution in [0.25, 0.3) is 0 Å². The maximum Gasteiger partial charge on any atom is 0.124 e. The van der Waals surface area contributed by atoms with E-state index in [4.69, 9.17) is 21.4 Å². The number of methoxy groups -OCH3 is 1. The van der Waals surface area contributed by atoms with Crippen LogP contribution in [0.4, 0.5) is 0 Å². The molecule has 2 atom stereocenters. The molecule has 16 heavy (non-hydrogen) atoms. The topological polar surface area (TPSA) is 69.9 Å². The predicted molar refractivity (Wildman–Crippen MR) is 60.6 cm³/mol. The van der Waals surface area contributed by atoms with Crippen molar-refractivity contribution < 1.29 is 20.1 Å². The molecule has 5 heteroatoms. The summed E-state index contributed by atoms with van der Waals surface area (Å²) in [6.07, 6.45) is -2.19. The molecule has 0 fully saturated rings. The van der Waals surface area contributed by atoms with Gasteiger partial charge in [0.2, 0.25) is 0 Å². The van der Waals surface area contributed by atoms with Crippen LogP contribution in [0.1, 0.15) is 17.2 Å². The first kappa shape index (κ1) is 13.3. The Morgan fingerprint density at radius 2 is 2.06 bits per heavy atom. The summed E-state index contributed by atoms with van der Waals surface area (Å²) in [5.74, 6) is 0.377. The first-order chi connectivity index (χ1) is 7.63. The molecule has 0 saturated carbocycles. The summed E-state index contributed by atoms with van der Waals surface area (Å²) in [7, 11) is 1.47. The van der Waals surface area contributed by atoms with Crippen LogP contribution in [0.3, 0.4) is 0 Å². The first-order valence-corrected chi connectivity index (χ1v) is 5.37. The zero-order valence-electron chi connectivity index (χ0n) is 8.93. The van der Waals surface area contributed by atoms with Crippen LogP contribution in [0.5, 0.6) is 5.75 Å². The van der Waals surface area contributed by atoms with E-state index in [-0.39, 0.29) is 12.5 Å². The largest absolute Gasteiger partial charge is 0.496 e. The third-order valence-electron chi connectivity index (χ3n) is 2.32. The van der Waals surface area contributed by atoms with Gasteiger partial charge in [-0.1, -0.05) is 6.07 Å². The molecule has 0 spiro atoms. The van der Waals surface area contributed by atoms with Crippen molar-refractivity contribution in [2.24, 2.45) is 0 Å². The molecule has 0 aliphatic rings. The molecule has 2 unspecified atom stereocenters. The van der Waals surface area contributed by atoms with Gasteiger partial charge in [0.15, 0.2) is 0 Å². The molecule has 1 aromatic carbocycles. The summed E-state index contributed by atoms with van der Waals surface area (Å²) in [6.45, 7) is -0.138. The summed E-state index contributed by atoms with van der Waals surface area (Å²) < 4.78 is 5.06. The van der Waals surface area contributed by atoms with Gasteiger partial charge in [0.1, 0.15) is 11.9 Å². The lowest BCUT2D eigenvalue weighted by atomic mass is 10.0. The second kappa shape index (κ2) is 6.06. The Balaban J connectivity index is 3.07. The standard InChI is InChI=1S/C11H15ClO4/c1-16-10-3-2-7(6-13)4-8(10)11(15)9(14)5-12/h2-4,9,11,13-15H,5-6H2,1H3. The lowest BCUT2D eigenvalue weighted by molar-refractivity contribution is 0.0311. The number of aliphatic hydroxyl groups excluding tert-OH is 3. The van der Waals surface area contributed by atoms with Crippen molar-refractivity contribution >= 4 is 11.6 Å². The molecular formula is C11H15ClO4. The van der Waals surface area contributed by atoms with E-state index in [2.05, 4.69) is 0 Å². The molecule has 0 radical (unpaired) electrons. The van der Waals surface area contributed by atoms with Gasteiger partial charge < -0.3 is 20.1 Å². The van der Waals surface area contributed by atoms with Gasteiger partial charge in [-0.3, -0.25) is 0 Å². The molecule has 4 nitrogen and oxygen atoms in total. The molecule has 0 bridgehead atoms. The highest BCUT2D eigenvalue weighted by atomic mass is 35.5. The van der Waals surface area contributed by atoms with Gasteiger partial charge in [-0.15, -0.1) is 11.6 Å². The van der Waals surface area contributed by atoms with E-state index in [0.29, 0.717) is 16.9 Å². The number of hydrogen-bond donors (Lipinski definition) is 3. The highest BCUT2D eigenvalue weighted by Crippen LogP contribution is 2.28. The number of rotatable bonds is 5. The molecule has 3 N–H and O–H groups in total. The fraction of sp³-hybridized carbons (Fsp3) is 0.455. The van der Waals surface area contributed by atoms with Crippen molar-refractivity contribution in [1.82, 2.24) is 0 Å². The Morgan fingerprint density at radius 1 is 1.38 bits per heavy atom. The Morgan fingerprint density at radius 3 is 2.56 bits per heavy atom.